The fourth-order valence-corrected chi connectivity index (χ4v) is 6.71. The van der Waals surface area contributed by atoms with Crippen LogP contribution in [-0.2, 0) is 6.42 Å². The molecule has 3 heterocycles. The van der Waals surface area contributed by atoms with E-state index in [4.69, 9.17) is 14.1 Å². The topological polar surface area (TPSA) is 94.0 Å². The van der Waals surface area contributed by atoms with Gasteiger partial charge >= 0.3 is 5.97 Å². The highest BCUT2D eigenvalue weighted by molar-refractivity contribution is 7.07. The van der Waals surface area contributed by atoms with Crippen molar-refractivity contribution in [3.05, 3.63) is 138 Å². The number of benzene rings is 3. The van der Waals surface area contributed by atoms with Gasteiger partial charge in [0, 0.05) is 17.2 Å². The molecule has 0 fully saturated rings. The summed E-state index contributed by atoms with van der Waals surface area (Å²) in [6.45, 7) is 2.54. The lowest BCUT2D eigenvalue weighted by Crippen LogP contribution is -2.38. The van der Waals surface area contributed by atoms with E-state index in [1.807, 2.05) is 54.0 Å². The number of carbonyl (C=O) groups is 1. The minimum Gasteiger partial charge on any atom is -0.494 e. The number of aryl methyl sites for hydroxylation is 1. The summed E-state index contributed by atoms with van der Waals surface area (Å²) in [5.41, 5.74) is 6.34. The van der Waals surface area contributed by atoms with Crippen LogP contribution in [-0.4, -0.2) is 22.2 Å². The number of hydrogen-bond donors (Lipinski definition) is 1. The molecule has 7 nitrogen and oxygen atoms in total. The number of fused-ring (bicyclic) bond motifs is 3. The van der Waals surface area contributed by atoms with Gasteiger partial charge in [0.05, 0.1) is 28.4 Å². The standard InChI is InChI=1S/C34H26N2O5S/c1-2-40-24-14-11-22(12-15-24)31-27-17-13-20-5-3-4-6-26(20)30(27)35-34-36(31)32(37)29(42-34)19-25-16-18-28(41-25)21-7-9-23(10-8-21)33(38)39/h3-12,14-16,18-19,31H,2,13,17H2,1H3,(H,38,39)/b29-19+. The van der Waals surface area contributed by atoms with Crippen LogP contribution in [0.4, 0.5) is 0 Å². The quantitative estimate of drug-likeness (QED) is 0.282. The molecule has 7 rings (SSSR count). The Morgan fingerprint density at radius 3 is 2.60 bits per heavy atom. The second kappa shape index (κ2) is 10.5. The smallest absolute Gasteiger partial charge is 0.335 e. The molecule has 42 heavy (non-hydrogen) atoms. The van der Waals surface area contributed by atoms with Crippen molar-refractivity contribution < 1.29 is 19.1 Å². The zero-order chi connectivity index (χ0) is 28.8. The zero-order valence-electron chi connectivity index (χ0n) is 22.7. The Balaban J connectivity index is 1.34. The van der Waals surface area contributed by atoms with E-state index in [1.165, 1.54) is 16.9 Å². The highest BCUT2D eigenvalue weighted by Crippen LogP contribution is 2.41. The average molecular weight is 575 g/mol. The molecule has 2 aromatic heterocycles. The van der Waals surface area contributed by atoms with Crippen molar-refractivity contribution in [2.75, 3.05) is 6.61 Å². The highest BCUT2D eigenvalue weighted by Gasteiger charge is 2.32. The molecule has 208 valence electrons. The lowest BCUT2D eigenvalue weighted by atomic mass is 9.83. The molecule has 8 heteroatoms. The number of ether oxygens (including phenoxy) is 1. The number of carboxylic acids is 1. The van der Waals surface area contributed by atoms with Crippen molar-refractivity contribution in [2.45, 2.75) is 25.8 Å². The molecule has 0 bridgehead atoms. The first kappa shape index (κ1) is 26.0. The van der Waals surface area contributed by atoms with Crippen molar-refractivity contribution in [3.8, 4) is 17.1 Å². The first-order valence-electron chi connectivity index (χ1n) is 13.8. The van der Waals surface area contributed by atoms with Crippen LogP contribution in [0.1, 0.15) is 52.2 Å². The molecule has 0 saturated carbocycles. The lowest BCUT2D eigenvalue weighted by molar-refractivity contribution is 0.0697. The largest absolute Gasteiger partial charge is 0.494 e. The van der Waals surface area contributed by atoms with Gasteiger partial charge in [0.15, 0.2) is 4.80 Å². The van der Waals surface area contributed by atoms with Gasteiger partial charge in [0.1, 0.15) is 17.3 Å². The van der Waals surface area contributed by atoms with Crippen LogP contribution >= 0.6 is 11.3 Å². The normalized spacial score (nSPS) is 15.9. The van der Waals surface area contributed by atoms with Gasteiger partial charge in [0.2, 0.25) is 0 Å². The molecule has 1 aliphatic heterocycles. The maximum absolute atomic E-state index is 14.0. The SMILES string of the molecule is CCOc1ccc(C2C3=C(N=c4s/c(=C/c5ccc(-c6ccc(C(=O)O)cc6)o5)c(=O)n42)c2ccccc2CC3)cc1. The molecule has 1 unspecified atom stereocenters. The molecule has 5 aromatic rings. The van der Waals surface area contributed by atoms with Crippen LogP contribution in [0.2, 0.25) is 0 Å². The number of nitrogens with zero attached hydrogens (tertiary/aromatic N) is 2. The fourth-order valence-electron chi connectivity index (χ4n) is 5.73. The predicted octanol–water partition coefficient (Wildman–Crippen LogP) is 5.68. The van der Waals surface area contributed by atoms with Crippen LogP contribution in [0.5, 0.6) is 5.75 Å². The van der Waals surface area contributed by atoms with Crippen LogP contribution < -0.4 is 19.6 Å². The Hall–Kier alpha value is -4.95. The zero-order valence-corrected chi connectivity index (χ0v) is 23.6. The monoisotopic (exact) mass is 574 g/mol. The van der Waals surface area contributed by atoms with E-state index in [-0.39, 0.29) is 17.2 Å². The van der Waals surface area contributed by atoms with Crippen molar-refractivity contribution >= 4 is 29.1 Å². The second-order valence-electron chi connectivity index (χ2n) is 10.2. The highest BCUT2D eigenvalue weighted by atomic mass is 32.1. The number of thiazole rings is 1. The van der Waals surface area contributed by atoms with Gasteiger partial charge in [-0.25, -0.2) is 9.79 Å². The number of hydrogen-bond acceptors (Lipinski definition) is 6. The Labute approximate surface area is 245 Å². The van der Waals surface area contributed by atoms with E-state index in [0.717, 1.165) is 46.6 Å². The Kier molecular flexibility index (Phi) is 6.47. The first-order valence-corrected chi connectivity index (χ1v) is 14.6. The van der Waals surface area contributed by atoms with Gasteiger partial charge in [-0.3, -0.25) is 9.36 Å². The Morgan fingerprint density at radius 2 is 1.83 bits per heavy atom. The fraction of sp³-hybridized carbons (Fsp3) is 0.147. The summed E-state index contributed by atoms with van der Waals surface area (Å²) < 4.78 is 14.1. The molecular weight excluding hydrogens is 548 g/mol. The summed E-state index contributed by atoms with van der Waals surface area (Å²) in [5.74, 6) is 0.934. The van der Waals surface area contributed by atoms with E-state index in [1.54, 1.807) is 30.3 Å². The van der Waals surface area contributed by atoms with Gasteiger partial charge < -0.3 is 14.3 Å². The maximum atomic E-state index is 14.0. The summed E-state index contributed by atoms with van der Waals surface area (Å²) in [4.78, 5) is 30.9. The third kappa shape index (κ3) is 4.50. The number of furan rings is 1. The molecule has 1 aliphatic carbocycles. The molecule has 0 amide bonds. The molecule has 2 aliphatic rings. The minimum absolute atomic E-state index is 0.119. The Bertz CT molecular complexity index is 2050. The summed E-state index contributed by atoms with van der Waals surface area (Å²) in [7, 11) is 0. The lowest BCUT2D eigenvalue weighted by Gasteiger charge is -2.30. The van der Waals surface area contributed by atoms with E-state index in [9.17, 15) is 14.7 Å². The third-order valence-electron chi connectivity index (χ3n) is 7.70. The van der Waals surface area contributed by atoms with Gasteiger partial charge in [-0.05, 0) is 72.9 Å². The molecule has 0 spiro atoms. The molecule has 1 N–H and O–H groups in total. The molecule has 1 atom stereocenters. The van der Waals surface area contributed by atoms with Gasteiger partial charge in [-0.1, -0.05) is 59.9 Å². The molecule has 0 saturated heterocycles. The second-order valence-corrected chi connectivity index (χ2v) is 11.2. The van der Waals surface area contributed by atoms with Crippen LogP contribution in [0, 0.1) is 0 Å². The van der Waals surface area contributed by atoms with Crippen molar-refractivity contribution in [1.29, 1.82) is 0 Å². The number of carboxylic acid groups (broad SMARTS) is 1. The third-order valence-corrected chi connectivity index (χ3v) is 8.68. The number of aromatic carboxylic acids is 1. The number of allylic oxidation sites excluding steroid dienone is 1. The summed E-state index contributed by atoms with van der Waals surface area (Å²) in [6.07, 6.45) is 3.47. The Morgan fingerprint density at radius 1 is 1.05 bits per heavy atom. The first-order chi connectivity index (χ1) is 20.5. The predicted molar refractivity (Wildman–Crippen MR) is 161 cm³/mol. The average Bonchev–Trinajstić information content (AvgIpc) is 3.61. The van der Waals surface area contributed by atoms with Crippen LogP contribution in [0.3, 0.4) is 0 Å². The van der Waals surface area contributed by atoms with Crippen molar-refractivity contribution in [3.63, 3.8) is 0 Å². The van der Waals surface area contributed by atoms with Crippen LogP contribution in [0.25, 0.3) is 23.1 Å². The van der Waals surface area contributed by atoms with Gasteiger partial charge in [0.25, 0.3) is 5.56 Å². The van der Waals surface area contributed by atoms with Crippen molar-refractivity contribution in [2.24, 2.45) is 4.99 Å². The van der Waals surface area contributed by atoms with E-state index < -0.39 is 5.97 Å². The number of rotatable bonds is 6. The van der Waals surface area contributed by atoms with E-state index >= 15 is 0 Å². The van der Waals surface area contributed by atoms with Gasteiger partial charge in [-0.2, -0.15) is 0 Å². The summed E-state index contributed by atoms with van der Waals surface area (Å²) >= 11 is 1.35. The molecule has 3 aromatic carbocycles. The minimum atomic E-state index is -0.981. The van der Waals surface area contributed by atoms with Gasteiger partial charge in [-0.15, -0.1) is 0 Å². The van der Waals surface area contributed by atoms with Crippen molar-refractivity contribution in [1.82, 2.24) is 4.57 Å². The van der Waals surface area contributed by atoms with E-state index in [0.29, 0.717) is 27.5 Å². The molecule has 0 radical (unpaired) electrons. The number of aromatic nitrogens is 1. The van der Waals surface area contributed by atoms with E-state index in [2.05, 4.69) is 18.2 Å². The maximum Gasteiger partial charge on any atom is 0.335 e. The summed E-state index contributed by atoms with van der Waals surface area (Å²) in [5, 5.41) is 9.18. The molecular formula is C34H26N2O5S. The summed E-state index contributed by atoms with van der Waals surface area (Å²) in [6, 6.07) is 26.2. The van der Waals surface area contributed by atoms with Crippen LogP contribution in [0.15, 0.2) is 105 Å².